The molecule has 0 fully saturated rings. The number of ketones is 1. The number of carbonyl (C=O) groups is 8. The predicted octanol–water partition coefficient (Wildman–Crippen LogP) is 1.74. The molecule has 6 N–H and O–H groups in total. The molecule has 7 amide bonds. The van der Waals surface area contributed by atoms with Gasteiger partial charge in [0.15, 0.2) is 0 Å². The number of ether oxygens (including phenoxy) is 1. The molecule has 0 aliphatic rings. The van der Waals surface area contributed by atoms with Crippen molar-refractivity contribution in [1.29, 1.82) is 0 Å². The first-order valence-corrected chi connectivity index (χ1v) is 16.9. The molecule has 0 aliphatic heterocycles. The summed E-state index contributed by atoms with van der Waals surface area (Å²) in [6.45, 7) is 17.0. The molecule has 2 unspecified atom stereocenters. The summed E-state index contributed by atoms with van der Waals surface area (Å²) in [4.78, 5) is 104. The number of anilines is 1. The molecule has 0 saturated carbocycles. The number of amides is 7. The number of hydrogen-bond acceptors (Lipinski definition) is 9. The van der Waals surface area contributed by atoms with Gasteiger partial charge in [0.05, 0.1) is 12.5 Å². The maximum absolute atomic E-state index is 13.5. The van der Waals surface area contributed by atoms with Crippen molar-refractivity contribution in [3.63, 3.8) is 0 Å². The first-order chi connectivity index (χ1) is 23.6. The molecular weight excluding hydrogens is 662 g/mol. The molecule has 286 valence electrons. The Balaban J connectivity index is 0.0000123. The van der Waals surface area contributed by atoms with Crippen LogP contribution >= 0.6 is 0 Å². The Morgan fingerprint density at radius 3 is 1.78 bits per heavy atom. The molecule has 0 radical (unpaired) electrons. The summed E-state index contributed by atoms with van der Waals surface area (Å²) in [6.07, 6.45) is -1.32. The van der Waals surface area contributed by atoms with Gasteiger partial charge in [0.25, 0.3) is 11.8 Å². The monoisotopic (exact) mass is 719 g/mol. The van der Waals surface area contributed by atoms with Gasteiger partial charge >= 0.3 is 6.09 Å². The second-order valence-electron chi connectivity index (χ2n) is 13.4. The van der Waals surface area contributed by atoms with Gasteiger partial charge in [-0.2, -0.15) is 0 Å². The van der Waals surface area contributed by atoms with Gasteiger partial charge < -0.3 is 41.5 Å². The van der Waals surface area contributed by atoms with E-state index in [2.05, 4.69) is 31.9 Å². The largest absolute Gasteiger partial charge is 0.444 e. The number of hydrogen-bond donors (Lipinski definition) is 6. The van der Waals surface area contributed by atoms with Crippen LogP contribution < -0.4 is 31.9 Å². The average molecular weight is 720 g/mol. The van der Waals surface area contributed by atoms with E-state index in [0.29, 0.717) is 0 Å². The Bertz CT molecular complexity index is 1400. The van der Waals surface area contributed by atoms with Crippen molar-refractivity contribution in [2.45, 2.75) is 105 Å². The number of Topliss-reactive ketones (excluding diaryl/α,β-unsaturated/α-hetero) is 1. The molecular formula is C35H57N7O9. The molecule has 1 rings (SSSR count). The molecule has 0 spiro atoms. The first kappa shape index (κ1) is 46.0. The van der Waals surface area contributed by atoms with Crippen molar-refractivity contribution in [3.8, 4) is 0 Å². The van der Waals surface area contributed by atoms with Gasteiger partial charge in [-0.15, -0.1) is 0 Å². The van der Waals surface area contributed by atoms with E-state index >= 15 is 0 Å². The fourth-order valence-electron chi connectivity index (χ4n) is 4.23. The lowest BCUT2D eigenvalue weighted by Gasteiger charge is -2.29. The topological polar surface area (TPSA) is 221 Å². The van der Waals surface area contributed by atoms with Crippen LogP contribution in [-0.4, -0.2) is 103 Å². The number of carbonyl (C=O) groups excluding carboxylic acids is 8. The van der Waals surface area contributed by atoms with Crippen LogP contribution in [0, 0.1) is 11.8 Å². The third-order valence-corrected chi connectivity index (χ3v) is 6.96. The number of alkyl carbamates (subject to hydrolysis) is 1. The normalized spacial score (nSPS) is 13.2. The summed E-state index contributed by atoms with van der Waals surface area (Å²) in [7, 11) is 4.35. The molecule has 16 nitrogen and oxygen atoms in total. The maximum atomic E-state index is 13.5. The predicted molar refractivity (Wildman–Crippen MR) is 192 cm³/mol. The highest BCUT2D eigenvalue weighted by Crippen LogP contribution is 2.13. The molecule has 0 aliphatic carbocycles. The summed E-state index contributed by atoms with van der Waals surface area (Å²) < 4.78 is 5.26. The van der Waals surface area contributed by atoms with Crippen molar-refractivity contribution in [2.24, 2.45) is 11.8 Å². The zero-order valence-electron chi connectivity index (χ0n) is 32.1. The van der Waals surface area contributed by atoms with Crippen LogP contribution in [0.15, 0.2) is 24.3 Å². The first-order valence-electron chi connectivity index (χ1n) is 16.9. The van der Waals surface area contributed by atoms with E-state index in [1.165, 1.54) is 57.2 Å². The van der Waals surface area contributed by atoms with Gasteiger partial charge in [0, 0.05) is 32.4 Å². The van der Waals surface area contributed by atoms with Crippen molar-refractivity contribution < 1.29 is 43.1 Å². The fraction of sp³-hybridized carbons (Fsp3) is 0.600. The summed E-state index contributed by atoms with van der Waals surface area (Å²) in [5.41, 5.74) is -0.399. The minimum atomic E-state index is -1.50. The molecule has 0 aromatic heterocycles. The molecule has 51 heavy (non-hydrogen) atoms. The van der Waals surface area contributed by atoms with Crippen molar-refractivity contribution in [1.82, 2.24) is 31.5 Å². The molecule has 0 saturated heterocycles. The van der Waals surface area contributed by atoms with E-state index in [-0.39, 0.29) is 11.3 Å². The van der Waals surface area contributed by atoms with Crippen molar-refractivity contribution in [3.05, 3.63) is 29.8 Å². The Morgan fingerprint density at radius 2 is 1.29 bits per heavy atom. The second kappa shape index (κ2) is 21.3. The summed E-state index contributed by atoms with van der Waals surface area (Å²) in [6, 6.07) is 0.725. The zero-order valence-corrected chi connectivity index (χ0v) is 32.1. The second-order valence-corrected chi connectivity index (χ2v) is 13.4. The third-order valence-electron chi connectivity index (χ3n) is 6.96. The van der Waals surface area contributed by atoms with Gasteiger partial charge in [-0.25, -0.2) is 4.79 Å². The minimum absolute atomic E-state index is 0.169. The molecule has 1 aromatic rings. The standard InChI is InChI=1S/C33H51N7O9.C2H6/c1-17(2)24(38-30(46)25(18(3)4)39-32(48)49-33(6,7)8)29(45)37-22(16-23(41)40(10)11)28(44)35-19(5)26(42)31(47)36-21-14-12-13-20(15-21)27(43)34-9;1-2/h12-15,17-19,22,24-25H,16H2,1-11H3,(H,34,43)(H,35,44)(H,36,47)(H,37,45)(H,38,46)(H,39,48);1-2H3/t19?,22-,24?,25-;/m0./s1. The lowest BCUT2D eigenvalue weighted by molar-refractivity contribution is -0.139. The summed E-state index contributed by atoms with van der Waals surface area (Å²) in [5.74, 6) is -6.35. The number of benzene rings is 1. The molecule has 0 heterocycles. The van der Waals surface area contributed by atoms with Gasteiger partial charge in [0.2, 0.25) is 29.4 Å². The highest BCUT2D eigenvalue weighted by atomic mass is 16.6. The molecule has 1 aromatic carbocycles. The van der Waals surface area contributed by atoms with Crippen LogP contribution in [-0.2, 0) is 33.5 Å². The highest BCUT2D eigenvalue weighted by Gasteiger charge is 2.35. The summed E-state index contributed by atoms with van der Waals surface area (Å²) in [5, 5.41) is 14.8. The van der Waals surface area contributed by atoms with E-state index in [9.17, 15) is 38.4 Å². The molecule has 0 bridgehead atoms. The van der Waals surface area contributed by atoms with Crippen LogP contribution in [0.25, 0.3) is 0 Å². The van der Waals surface area contributed by atoms with E-state index in [1.807, 2.05) is 13.8 Å². The van der Waals surface area contributed by atoms with Crippen LogP contribution in [0.1, 0.15) is 86.0 Å². The smallest absolute Gasteiger partial charge is 0.408 e. The number of rotatable bonds is 15. The van der Waals surface area contributed by atoms with E-state index in [4.69, 9.17) is 4.74 Å². The quantitative estimate of drug-likeness (QED) is 0.145. The Labute approximate surface area is 300 Å². The number of nitrogens with one attached hydrogen (secondary N) is 6. The van der Waals surface area contributed by atoms with Crippen molar-refractivity contribution >= 4 is 53.0 Å². The number of nitrogens with zero attached hydrogens (tertiary/aromatic N) is 1. The van der Waals surface area contributed by atoms with Gasteiger partial charge in [0.1, 0.15) is 23.7 Å². The lowest BCUT2D eigenvalue weighted by atomic mass is 9.99. The Kier molecular flexibility index (Phi) is 19.2. The van der Waals surface area contributed by atoms with Crippen LogP contribution in [0.3, 0.4) is 0 Å². The maximum Gasteiger partial charge on any atom is 0.408 e. The highest BCUT2D eigenvalue weighted by molar-refractivity contribution is 6.42. The lowest BCUT2D eigenvalue weighted by Crippen LogP contribution is -2.60. The van der Waals surface area contributed by atoms with Crippen LogP contribution in [0.2, 0.25) is 0 Å². The van der Waals surface area contributed by atoms with Gasteiger partial charge in [-0.1, -0.05) is 47.6 Å². The average Bonchev–Trinajstić information content (AvgIpc) is 3.04. The minimum Gasteiger partial charge on any atom is -0.444 e. The third kappa shape index (κ3) is 16.0. The van der Waals surface area contributed by atoms with E-state index in [0.717, 1.165) is 0 Å². The SMILES string of the molecule is CC.CNC(=O)c1cccc(NC(=O)C(=O)C(C)NC(=O)[C@H](CC(=O)N(C)C)NC(=O)C(NC(=O)[C@@H](NC(=O)OC(C)(C)C)C(C)C)C(C)C)c1. The van der Waals surface area contributed by atoms with Crippen LogP contribution in [0.4, 0.5) is 10.5 Å². The van der Waals surface area contributed by atoms with E-state index < -0.39 is 95.3 Å². The van der Waals surface area contributed by atoms with E-state index in [1.54, 1.807) is 48.5 Å². The van der Waals surface area contributed by atoms with Crippen molar-refractivity contribution in [2.75, 3.05) is 26.5 Å². The van der Waals surface area contributed by atoms with Gasteiger partial charge in [-0.05, 0) is 57.7 Å². The van der Waals surface area contributed by atoms with Crippen LogP contribution in [0.5, 0.6) is 0 Å². The molecule has 4 atom stereocenters. The van der Waals surface area contributed by atoms with Gasteiger partial charge in [-0.3, -0.25) is 33.6 Å². The zero-order chi connectivity index (χ0) is 39.8. The fourth-order valence-corrected chi connectivity index (χ4v) is 4.23. The molecule has 16 heteroatoms. The Morgan fingerprint density at radius 1 is 0.765 bits per heavy atom. The Hall–Kier alpha value is -5.02. The summed E-state index contributed by atoms with van der Waals surface area (Å²) >= 11 is 0.